The van der Waals surface area contributed by atoms with Gasteiger partial charge in [0.15, 0.2) is 11.6 Å². The standard InChI is InChI=1S/C19H18O5/c1-3-24-12-5-4-11(20)14-15(12)17(21)13-10-6-8-19(23-2,9-7-10)16(13)18(14)22/h4-6,8,10,20H,3,7,9H2,1-2H3. The molecule has 4 aliphatic rings. The number of fused-ring (bicyclic) bond motifs is 2. The molecule has 0 heterocycles. The topological polar surface area (TPSA) is 72.8 Å². The number of hydrogen-bond donors (Lipinski definition) is 1. The summed E-state index contributed by atoms with van der Waals surface area (Å²) in [6.07, 6.45) is 5.24. The predicted molar refractivity (Wildman–Crippen MR) is 86.6 cm³/mol. The lowest BCUT2D eigenvalue weighted by molar-refractivity contribution is 0.0341. The van der Waals surface area contributed by atoms with Crippen LogP contribution < -0.4 is 4.74 Å². The number of ketones is 2. The van der Waals surface area contributed by atoms with Gasteiger partial charge in [0.2, 0.25) is 0 Å². The molecule has 124 valence electrons. The van der Waals surface area contributed by atoms with E-state index in [1.807, 2.05) is 19.1 Å². The molecule has 0 amide bonds. The fourth-order valence-electron chi connectivity index (χ4n) is 4.12. The van der Waals surface area contributed by atoms with Crippen molar-refractivity contribution < 1.29 is 24.2 Å². The van der Waals surface area contributed by atoms with Gasteiger partial charge in [-0.05, 0) is 31.9 Å². The van der Waals surface area contributed by atoms with Crippen molar-refractivity contribution in [2.45, 2.75) is 25.4 Å². The smallest absolute Gasteiger partial charge is 0.197 e. The average molecular weight is 326 g/mol. The predicted octanol–water partition coefficient (Wildman–Crippen LogP) is 2.83. The molecule has 5 heteroatoms. The van der Waals surface area contributed by atoms with Gasteiger partial charge in [0.25, 0.3) is 0 Å². The third kappa shape index (κ3) is 1.73. The van der Waals surface area contributed by atoms with Gasteiger partial charge in [-0.2, -0.15) is 0 Å². The van der Waals surface area contributed by atoms with Gasteiger partial charge >= 0.3 is 0 Å². The Morgan fingerprint density at radius 1 is 1.25 bits per heavy atom. The second-order valence-corrected chi connectivity index (χ2v) is 6.31. The van der Waals surface area contributed by atoms with Crippen molar-refractivity contribution in [3.63, 3.8) is 0 Å². The maximum atomic E-state index is 13.2. The lowest BCUT2D eigenvalue weighted by Gasteiger charge is -2.45. The molecule has 5 nitrogen and oxygen atoms in total. The normalized spacial score (nSPS) is 27.3. The van der Waals surface area contributed by atoms with E-state index in [-0.39, 0.29) is 34.4 Å². The van der Waals surface area contributed by atoms with Gasteiger partial charge in [0, 0.05) is 24.2 Å². The van der Waals surface area contributed by atoms with E-state index in [9.17, 15) is 14.7 Å². The molecular formula is C19H18O5. The molecule has 2 unspecified atom stereocenters. The number of methoxy groups -OCH3 is 1. The highest BCUT2D eigenvalue weighted by molar-refractivity contribution is 6.30. The van der Waals surface area contributed by atoms with E-state index < -0.39 is 5.60 Å². The molecule has 0 spiro atoms. The number of rotatable bonds is 3. The zero-order valence-electron chi connectivity index (χ0n) is 13.6. The summed E-state index contributed by atoms with van der Waals surface area (Å²) in [6, 6.07) is 2.94. The zero-order chi connectivity index (χ0) is 17.1. The molecule has 1 aromatic carbocycles. The van der Waals surface area contributed by atoms with Gasteiger partial charge in [-0.1, -0.05) is 12.2 Å². The molecule has 1 N–H and O–H groups in total. The van der Waals surface area contributed by atoms with E-state index in [1.54, 1.807) is 7.11 Å². The van der Waals surface area contributed by atoms with Crippen molar-refractivity contribution in [3.05, 3.63) is 46.6 Å². The van der Waals surface area contributed by atoms with E-state index in [0.717, 1.165) is 6.42 Å². The molecule has 1 aromatic rings. The maximum absolute atomic E-state index is 13.2. The highest BCUT2D eigenvalue weighted by Gasteiger charge is 2.52. The first-order valence-electron chi connectivity index (χ1n) is 8.11. The second kappa shape index (κ2) is 5.05. The molecule has 0 saturated heterocycles. The minimum absolute atomic E-state index is 0.0297. The van der Waals surface area contributed by atoms with Crippen LogP contribution >= 0.6 is 0 Å². The summed E-state index contributed by atoms with van der Waals surface area (Å²) >= 11 is 0. The Bertz CT molecular complexity index is 832. The fraction of sp³-hybridized carbons (Fsp3) is 0.368. The Kier molecular flexibility index (Phi) is 3.18. The van der Waals surface area contributed by atoms with Gasteiger partial charge in [0.05, 0.1) is 17.7 Å². The van der Waals surface area contributed by atoms with Gasteiger partial charge in [-0.15, -0.1) is 0 Å². The van der Waals surface area contributed by atoms with E-state index in [1.165, 1.54) is 12.1 Å². The van der Waals surface area contributed by atoms with Crippen LogP contribution in [-0.2, 0) is 4.74 Å². The number of ether oxygens (including phenoxy) is 2. The van der Waals surface area contributed by atoms with Gasteiger partial charge in [0.1, 0.15) is 17.1 Å². The van der Waals surface area contributed by atoms with Gasteiger partial charge in [-0.25, -0.2) is 0 Å². The lowest BCUT2D eigenvalue weighted by Crippen LogP contribution is -2.47. The van der Waals surface area contributed by atoms with Crippen LogP contribution in [0, 0.1) is 5.92 Å². The number of Topliss-reactive ketones (excluding diaryl/α,β-unsaturated/α-hetero) is 2. The summed E-state index contributed by atoms with van der Waals surface area (Å²) in [5.74, 6) is -0.524. The quantitative estimate of drug-likeness (QED) is 0.865. The summed E-state index contributed by atoms with van der Waals surface area (Å²) in [6.45, 7) is 2.18. The van der Waals surface area contributed by atoms with Gasteiger partial charge < -0.3 is 14.6 Å². The van der Waals surface area contributed by atoms with Crippen LogP contribution in [0.5, 0.6) is 11.5 Å². The first-order chi connectivity index (χ1) is 11.5. The first-order valence-corrected chi connectivity index (χ1v) is 8.11. The molecular weight excluding hydrogens is 308 g/mol. The number of carbonyl (C=O) groups is 2. The Labute approximate surface area is 139 Å². The molecule has 2 atom stereocenters. The summed E-state index contributed by atoms with van der Waals surface area (Å²) in [4.78, 5) is 26.4. The molecule has 24 heavy (non-hydrogen) atoms. The molecule has 0 fully saturated rings. The molecule has 0 aromatic heterocycles. The van der Waals surface area contributed by atoms with Crippen molar-refractivity contribution in [1.29, 1.82) is 0 Å². The molecule has 2 bridgehead atoms. The minimum Gasteiger partial charge on any atom is -0.507 e. The zero-order valence-corrected chi connectivity index (χ0v) is 13.6. The van der Waals surface area contributed by atoms with Crippen LogP contribution in [-0.4, -0.2) is 36.0 Å². The number of allylic oxidation sites excluding steroid dienone is 2. The Balaban J connectivity index is 2.00. The third-order valence-electron chi connectivity index (χ3n) is 5.22. The number of carbonyl (C=O) groups excluding carboxylic acids is 2. The highest BCUT2D eigenvalue weighted by atomic mass is 16.5. The lowest BCUT2D eigenvalue weighted by atomic mass is 9.62. The van der Waals surface area contributed by atoms with E-state index >= 15 is 0 Å². The molecule has 4 aliphatic carbocycles. The van der Waals surface area contributed by atoms with Crippen LogP contribution in [0.1, 0.15) is 40.5 Å². The fourth-order valence-corrected chi connectivity index (χ4v) is 4.12. The Hall–Kier alpha value is -2.40. The van der Waals surface area contributed by atoms with Crippen molar-refractivity contribution in [1.82, 2.24) is 0 Å². The van der Waals surface area contributed by atoms with Crippen LogP contribution in [0.2, 0.25) is 0 Å². The Morgan fingerprint density at radius 2 is 2.04 bits per heavy atom. The molecule has 0 aliphatic heterocycles. The summed E-state index contributed by atoms with van der Waals surface area (Å²) < 4.78 is 11.2. The number of phenolic OH excluding ortho intramolecular Hbond substituents is 1. The summed E-state index contributed by atoms with van der Waals surface area (Å²) in [5.41, 5.74) is 0.206. The molecule has 5 rings (SSSR count). The van der Waals surface area contributed by atoms with Crippen molar-refractivity contribution in [3.8, 4) is 11.5 Å². The van der Waals surface area contributed by atoms with Crippen LogP contribution in [0.3, 0.4) is 0 Å². The summed E-state index contributed by atoms with van der Waals surface area (Å²) in [5, 5.41) is 10.2. The number of aromatic hydroxyl groups is 1. The third-order valence-corrected chi connectivity index (χ3v) is 5.22. The average Bonchev–Trinajstić information content (AvgIpc) is 2.61. The molecule has 0 saturated carbocycles. The minimum atomic E-state index is -0.872. The number of benzene rings is 1. The van der Waals surface area contributed by atoms with E-state index in [2.05, 4.69) is 0 Å². The van der Waals surface area contributed by atoms with Crippen LogP contribution in [0.25, 0.3) is 0 Å². The highest BCUT2D eigenvalue weighted by Crippen LogP contribution is 2.51. The van der Waals surface area contributed by atoms with Crippen LogP contribution in [0.4, 0.5) is 0 Å². The van der Waals surface area contributed by atoms with Crippen molar-refractivity contribution in [2.75, 3.05) is 13.7 Å². The second-order valence-electron chi connectivity index (χ2n) is 6.31. The van der Waals surface area contributed by atoms with E-state index in [4.69, 9.17) is 9.47 Å². The number of hydrogen-bond acceptors (Lipinski definition) is 5. The summed E-state index contributed by atoms with van der Waals surface area (Å²) in [7, 11) is 1.55. The van der Waals surface area contributed by atoms with Gasteiger partial charge in [-0.3, -0.25) is 9.59 Å². The van der Waals surface area contributed by atoms with Crippen molar-refractivity contribution >= 4 is 11.6 Å². The monoisotopic (exact) mass is 326 g/mol. The number of phenols is 1. The maximum Gasteiger partial charge on any atom is 0.197 e. The van der Waals surface area contributed by atoms with Crippen molar-refractivity contribution in [2.24, 2.45) is 5.92 Å². The largest absolute Gasteiger partial charge is 0.507 e. The Morgan fingerprint density at radius 3 is 2.67 bits per heavy atom. The molecule has 0 radical (unpaired) electrons. The van der Waals surface area contributed by atoms with Crippen LogP contribution in [0.15, 0.2) is 35.4 Å². The van der Waals surface area contributed by atoms with E-state index in [0.29, 0.717) is 29.9 Å². The first kappa shape index (κ1) is 15.1. The SMILES string of the molecule is CCOc1ccc(O)c2c1C(=O)C1=C(C2=O)C2(OC)C=CC1CC2.